The second-order valence-electron chi connectivity index (χ2n) is 17.0. The number of carbonyl (C=O) groups is 1. The van der Waals surface area contributed by atoms with Crippen LogP contribution in [0.2, 0.25) is 0 Å². The maximum atomic E-state index is 12.6. The Labute approximate surface area is 373 Å². The number of ether oxygens (including phenoxy) is 1. The topological polar surface area (TPSA) is 37.7 Å². The quantitative estimate of drug-likeness (QED) is 0.136. The highest BCUT2D eigenvalue weighted by atomic mass is 16.5. The van der Waals surface area contributed by atoms with Crippen molar-refractivity contribution in [1.29, 1.82) is 0 Å². The van der Waals surface area contributed by atoms with Crippen LogP contribution in [0.15, 0.2) is 212 Å². The zero-order chi connectivity index (χ0) is 43.4. The molecule has 0 radical (unpaired) electrons. The third-order valence-electron chi connectivity index (χ3n) is 12.8. The lowest BCUT2D eigenvalue weighted by Gasteiger charge is -2.42. The van der Waals surface area contributed by atoms with Crippen molar-refractivity contribution in [2.75, 3.05) is 9.80 Å². The predicted octanol–water partition coefficient (Wildman–Crippen LogP) is 15.9. The zero-order valence-corrected chi connectivity index (χ0v) is 35.9. The SMILES string of the molecule is Cc1ccccc1Oc1ccc(-c2cccc(-n3c4ccc(N(c5ccccc5)c5ccccc5)cc4c4cc5c(cc43)C(C)(C)c3ccccc3N5c3ccccc3)c2)cc1C=O. The van der Waals surface area contributed by atoms with Crippen molar-refractivity contribution < 1.29 is 9.53 Å². The van der Waals surface area contributed by atoms with Crippen LogP contribution in [-0.2, 0) is 5.41 Å². The van der Waals surface area contributed by atoms with E-state index in [9.17, 15) is 4.79 Å². The Balaban J connectivity index is 1.14. The number of para-hydroxylation sites is 5. The van der Waals surface area contributed by atoms with Gasteiger partial charge in [0.25, 0.3) is 0 Å². The van der Waals surface area contributed by atoms with Crippen molar-refractivity contribution in [3.63, 3.8) is 0 Å². The minimum absolute atomic E-state index is 0.301. The van der Waals surface area contributed by atoms with Crippen LogP contribution in [0.25, 0.3) is 38.6 Å². The molecule has 0 spiro atoms. The lowest BCUT2D eigenvalue weighted by atomic mass is 9.73. The molecule has 11 rings (SSSR count). The van der Waals surface area contributed by atoms with Gasteiger partial charge in [-0.2, -0.15) is 0 Å². The van der Waals surface area contributed by atoms with Gasteiger partial charge in [-0.15, -0.1) is 0 Å². The van der Waals surface area contributed by atoms with Crippen LogP contribution in [-0.4, -0.2) is 10.9 Å². The molecule has 10 aromatic rings. The number of benzene rings is 9. The molecule has 2 heterocycles. The molecule has 0 aliphatic carbocycles. The number of hydrogen-bond acceptors (Lipinski definition) is 4. The number of aldehydes is 1. The average molecular weight is 828 g/mol. The van der Waals surface area contributed by atoms with Crippen molar-refractivity contribution in [3.05, 3.63) is 235 Å². The number of nitrogens with zero attached hydrogens (tertiary/aromatic N) is 3. The van der Waals surface area contributed by atoms with Gasteiger partial charge < -0.3 is 19.1 Å². The lowest BCUT2D eigenvalue weighted by molar-refractivity contribution is 0.112. The van der Waals surface area contributed by atoms with Crippen molar-refractivity contribution in [2.45, 2.75) is 26.2 Å². The van der Waals surface area contributed by atoms with Gasteiger partial charge in [-0.1, -0.05) is 123 Å². The van der Waals surface area contributed by atoms with E-state index in [0.717, 1.165) is 84.7 Å². The highest BCUT2D eigenvalue weighted by molar-refractivity contribution is 6.13. The zero-order valence-electron chi connectivity index (χ0n) is 35.9. The molecule has 1 aromatic heterocycles. The van der Waals surface area contributed by atoms with Gasteiger partial charge in [-0.05, 0) is 138 Å². The minimum atomic E-state index is -0.301. The van der Waals surface area contributed by atoms with E-state index in [1.54, 1.807) is 0 Å². The van der Waals surface area contributed by atoms with Crippen LogP contribution in [0.1, 0.15) is 40.9 Å². The Morgan fingerprint density at radius 1 is 0.484 bits per heavy atom. The third-order valence-corrected chi connectivity index (χ3v) is 12.8. The molecule has 0 saturated carbocycles. The molecule has 1 aliphatic heterocycles. The highest BCUT2D eigenvalue weighted by Crippen LogP contribution is 2.54. The molecule has 5 nitrogen and oxygen atoms in total. The summed E-state index contributed by atoms with van der Waals surface area (Å²) >= 11 is 0. The number of aromatic nitrogens is 1. The minimum Gasteiger partial charge on any atom is -0.456 e. The van der Waals surface area contributed by atoms with Gasteiger partial charge in [0.1, 0.15) is 11.5 Å². The van der Waals surface area contributed by atoms with Crippen molar-refractivity contribution >= 4 is 62.2 Å². The summed E-state index contributed by atoms with van der Waals surface area (Å²) in [6.07, 6.45) is 0.876. The van der Waals surface area contributed by atoms with E-state index in [4.69, 9.17) is 4.74 Å². The Morgan fingerprint density at radius 3 is 1.86 bits per heavy atom. The molecule has 308 valence electrons. The summed E-state index contributed by atoms with van der Waals surface area (Å²) in [5, 5.41) is 2.29. The summed E-state index contributed by atoms with van der Waals surface area (Å²) in [6.45, 7) is 6.70. The Hall–Kier alpha value is -8.15. The van der Waals surface area contributed by atoms with Crippen LogP contribution < -0.4 is 14.5 Å². The summed E-state index contributed by atoms with van der Waals surface area (Å²) in [6, 6.07) is 74.7. The predicted molar refractivity (Wildman–Crippen MR) is 264 cm³/mol. The average Bonchev–Trinajstić information content (AvgIpc) is 3.66. The van der Waals surface area contributed by atoms with Gasteiger partial charge in [-0.25, -0.2) is 0 Å². The maximum absolute atomic E-state index is 12.6. The van der Waals surface area contributed by atoms with Crippen LogP contribution in [0.4, 0.5) is 34.1 Å². The van der Waals surface area contributed by atoms with Gasteiger partial charge >= 0.3 is 0 Å². The summed E-state index contributed by atoms with van der Waals surface area (Å²) in [5.74, 6) is 1.26. The lowest BCUT2D eigenvalue weighted by Crippen LogP contribution is -2.30. The first-order valence-corrected chi connectivity index (χ1v) is 21.8. The second-order valence-corrected chi connectivity index (χ2v) is 17.0. The largest absolute Gasteiger partial charge is 0.456 e. The van der Waals surface area contributed by atoms with Crippen LogP contribution in [0.5, 0.6) is 11.5 Å². The summed E-state index contributed by atoms with van der Waals surface area (Å²) in [7, 11) is 0. The van der Waals surface area contributed by atoms with E-state index in [0.29, 0.717) is 11.3 Å². The number of fused-ring (bicyclic) bond motifs is 5. The second kappa shape index (κ2) is 15.6. The molecule has 0 atom stereocenters. The van der Waals surface area contributed by atoms with Gasteiger partial charge in [0.05, 0.1) is 28.0 Å². The molecule has 0 saturated heterocycles. The van der Waals surface area contributed by atoms with E-state index in [2.05, 4.69) is 198 Å². The molecule has 1 aliphatic rings. The standard InChI is InChI=1S/C59H45N3O2/c1-40-18-13-16-29-57(40)64-58-33-30-42(34-43(58)39-63)41-19-17-26-47(35-41)62-53-32-31-48(60(44-20-7-4-8-21-44)45-22-9-5-10-23-45)36-49(53)50-37-56-52(38-55(50)62)59(2,3)51-27-14-15-28-54(51)61(56)46-24-11-6-12-25-46/h4-39H,1-3H3. The Morgan fingerprint density at radius 2 is 1.12 bits per heavy atom. The normalized spacial score (nSPS) is 12.8. The van der Waals surface area contributed by atoms with E-state index in [1.807, 2.05) is 49.4 Å². The molecule has 0 bridgehead atoms. The molecule has 0 amide bonds. The fourth-order valence-corrected chi connectivity index (χ4v) is 9.60. The molecule has 0 N–H and O–H groups in total. The van der Waals surface area contributed by atoms with Gasteiger partial charge in [0, 0.05) is 44.6 Å². The summed E-state index contributed by atoms with van der Waals surface area (Å²) < 4.78 is 8.67. The van der Waals surface area contributed by atoms with Crippen molar-refractivity contribution in [3.8, 4) is 28.3 Å². The Bertz CT molecular complexity index is 3330. The molecule has 0 fully saturated rings. The molecular weight excluding hydrogens is 783 g/mol. The van der Waals surface area contributed by atoms with E-state index >= 15 is 0 Å². The maximum Gasteiger partial charge on any atom is 0.153 e. The number of rotatable bonds is 9. The first-order chi connectivity index (χ1) is 31.4. The van der Waals surface area contributed by atoms with E-state index in [1.165, 1.54) is 16.8 Å². The van der Waals surface area contributed by atoms with Gasteiger partial charge in [0.15, 0.2) is 6.29 Å². The first-order valence-electron chi connectivity index (χ1n) is 21.8. The monoisotopic (exact) mass is 827 g/mol. The Kier molecular flexibility index (Phi) is 9.47. The smallest absolute Gasteiger partial charge is 0.153 e. The molecule has 9 aromatic carbocycles. The van der Waals surface area contributed by atoms with E-state index in [-0.39, 0.29) is 5.41 Å². The molecule has 0 unspecified atom stereocenters. The molecule has 64 heavy (non-hydrogen) atoms. The van der Waals surface area contributed by atoms with Gasteiger partial charge in [-0.3, -0.25) is 4.79 Å². The van der Waals surface area contributed by atoms with Crippen molar-refractivity contribution in [2.24, 2.45) is 0 Å². The summed E-state index contributed by atoms with van der Waals surface area (Å²) in [5.41, 5.74) is 15.6. The fraction of sp³-hybridized carbons (Fsp3) is 0.0678. The van der Waals surface area contributed by atoms with Crippen LogP contribution >= 0.6 is 0 Å². The third kappa shape index (κ3) is 6.52. The van der Waals surface area contributed by atoms with Crippen LogP contribution in [0.3, 0.4) is 0 Å². The van der Waals surface area contributed by atoms with Crippen LogP contribution in [0, 0.1) is 6.92 Å². The molecular formula is C59H45N3O2. The number of carbonyl (C=O) groups excluding carboxylic acids is 1. The van der Waals surface area contributed by atoms with Gasteiger partial charge in [0.2, 0.25) is 0 Å². The number of anilines is 6. The number of hydrogen-bond donors (Lipinski definition) is 0. The van der Waals surface area contributed by atoms with E-state index < -0.39 is 0 Å². The summed E-state index contributed by atoms with van der Waals surface area (Å²) in [4.78, 5) is 17.3. The highest BCUT2D eigenvalue weighted by Gasteiger charge is 2.38. The van der Waals surface area contributed by atoms with Crippen molar-refractivity contribution in [1.82, 2.24) is 4.57 Å². The first kappa shape index (κ1) is 38.7. The number of aryl methyl sites for hydroxylation is 1. The fourth-order valence-electron chi connectivity index (χ4n) is 9.60. The molecule has 5 heteroatoms.